The standard InChI is InChI=1S/C19H18FN3O2S/c1-11-15-18(22-14-6-3-9-23(14)19(15)25)26-16(11)17(24)21-8-7-12-4-2-5-13(20)10-12/h2,4-5,10H,3,6-9H2,1H3,(H,21,24). The first-order valence-corrected chi connectivity index (χ1v) is 9.41. The summed E-state index contributed by atoms with van der Waals surface area (Å²) in [7, 11) is 0. The van der Waals surface area contributed by atoms with Gasteiger partial charge in [0.25, 0.3) is 11.5 Å². The molecule has 0 spiro atoms. The molecule has 0 saturated carbocycles. The van der Waals surface area contributed by atoms with E-state index in [9.17, 15) is 14.0 Å². The Hall–Kier alpha value is -2.54. The Kier molecular flexibility index (Phi) is 4.32. The molecule has 0 atom stereocenters. The monoisotopic (exact) mass is 371 g/mol. The third-order valence-corrected chi connectivity index (χ3v) is 5.89. The van der Waals surface area contributed by atoms with Crippen LogP contribution in [0.2, 0.25) is 0 Å². The maximum atomic E-state index is 13.2. The maximum absolute atomic E-state index is 13.2. The van der Waals surface area contributed by atoms with Crippen molar-refractivity contribution in [3.63, 3.8) is 0 Å². The van der Waals surface area contributed by atoms with Gasteiger partial charge in [0.2, 0.25) is 0 Å². The van der Waals surface area contributed by atoms with Crippen molar-refractivity contribution in [2.45, 2.75) is 32.7 Å². The largest absolute Gasteiger partial charge is 0.351 e. The predicted octanol–water partition coefficient (Wildman–Crippen LogP) is 2.82. The number of nitrogens with one attached hydrogen (secondary N) is 1. The van der Waals surface area contributed by atoms with Crippen molar-refractivity contribution >= 4 is 27.5 Å². The van der Waals surface area contributed by atoms with Crippen LogP contribution < -0.4 is 10.9 Å². The lowest BCUT2D eigenvalue weighted by Crippen LogP contribution is -2.25. The quantitative estimate of drug-likeness (QED) is 0.767. The van der Waals surface area contributed by atoms with Crippen LogP contribution >= 0.6 is 11.3 Å². The van der Waals surface area contributed by atoms with Crippen LogP contribution in [0.5, 0.6) is 0 Å². The van der Waals surface area contributed by atoms with E-state index < -0.39 is 0 Å². The molecule has 1 aromatic carbocycles. The molecular weight excluding hydrogens is 353 g/mol. The highest BCUT2D eigenvalue weighted by atomic mass is 32.1. The van der Waals surface area contributed by atoms with Crippen LogP contribution in [0.4, 0.5) is 4.39 Å². The molecule has 4 rings (SSSR count). The van der Waals surface area contributed by atoms with Gasteiger partial charge in [-0.05, 0) is 43.0 Å². The van der Waals surface area contributed by atoms with E-state index in [1.54, 1.807) is 17.6 Å². The molecule has 1 N–H and O–H groups in total. The van der Waals surface area contributed by atoms with Crippen LogP contribution in [0.25, 0.3) is 10.2 Å². The fourth-order valence-corrected chi connectivity index (χ4v) is 4.49. The van der Waals surface area contributed by atoms with Gasteiger partial charge in [0.05, 0.1) is 10.3 Å². The van der Waals surface area contributed by atoms with Gasteiger partial charge in [0.1, 0.15) is 16.5 Å². The number of nitrogens with zero attached hydrogens (tertiary/aromatic N) is 2. The molecule has 0 unspecified atom stereocenters. The number of halogens is 1. The van der Waals surface area contributed by atoms with Gasteiger partial charge in [-0.25, -0.2) is 9.37 Å². The molecule has 0 bridgehead atoms. The van der Waals surface area contributed by atoms with E-state index >= 15 is 0 Å². The summed E-state index contributed by atoms with van der Waals surface area (Å²) >= 11 is 1.26. The number of hydrogen-bond donors (Lipinski definition) is 1. The molecule has 3 heterocycles. The minimum Gasteiger partial charge on any atom is -0.351 e. The summed E-state index contributed by atoms with van der Waals surface area (Å²) in [5.41, 5.74) is 1.47. The van der Waals surface area contributed by atoms with E-state index in [-0.39, 0.29) is 17.3 Å². The zero-order valence-corrected chi connectivity index (χ0v) is 15.2. The summed E-state index contributed by atoms with van der Waals surface area (Å²) in [5.74, 6) is 0.307. The molecule has 3 aromatic rings. The predicted molar refractivity (Wildman–Crippen MR) is 99.4 cm³/mol. The molecule has 2 aromatic heterocycles. The minimum absolute atomic E-state index is 0.0462. The van der Waals surface area contributed by atoms with E-state index in [4.69, 9.17) is 0 Å². The molecule has 0 radical (unpaired) electrons. The van der Waals surface area contributed by atoms with Crippen molar-refractivity contribution in [3.8, 4) is 0 Å². The first-order chi connectivity index (χ1) is 12.5. The number of rotatable bonds is 4. The second kappa shape index (κ2) is 6.64. The number of amides is 1. The highest BCUT2D eigenvalue weighted by Crippen LogP contribution is 2.28. The van der Waals surface area contributed by atoms with Crippen LogP contribution in [0.3, 0.4) is 0 Å². The molecule has 0 aliphatic carbocycles. The Morgan fingerprint density at radius 1 is 1.42 bits per heavy atom. The average Bonchev–Trinajstić information content (AvgIpc) is 3.20. The minimum atomic E-state index is -0.284. The van der Waals surface area contributed by atoms with E-state index in [1.165, 1.54) is 23.5 Å². The number of fused-ring (bicyclic) bond motifs is 2. The van der Waals surface area contributed by atoms with Gasteiger partial charge in [-0.1, -0.05) is 12.1 Å². The number of hydrogen-bond acceptors (Lipinski definition) is 4. The maximum Gasteiger partial charge on any atom is 0.262 e. The molecule has 0 fully saturated rings. The molecular formula is C19H18FN3O2S. The smallest absolute Gasteiger partial charge is 0.262 e. The first kappa shape index (κ1) is 16.9. The van der Waals surface area contributed by atoms with Crippen molar-refractivity contribution in [2.75, 3.05) is 6.54 Å². The van der Waals surface area contributed by atoms with Gasteiger partial charge >= 0.3 is 0 Å². The Balaban J connectivity index is 1.55. The zero-order valence-electron chi connectivity index (χ0n) is 14.3. The highest BCUT2D eigenvalue weighted by molar-refractivity contribution is 7.20. The first-order valence-electron chi connectivity index (χ1n) is 8.60. The zero-order chi connectivity index (χ0) is 18.3. The topological polar surface area (TPSA) is 64.0 Å². The van der Waals surface area contributed by atoms with E-state index in [2.05, 4.69) is 10.3 Å². The van der Waals surface area contributed by atoms with Gasteiger partial charge in [-0.2, -0.15) is 0 Å². The van der Waals surface area contributed by atoms with Gasteiger partial charge in [0, 0.05) is 19.5 Å². The molecule has 7 heteroatoms. The summed E-state index contributed by atoms with van der Waals surface area (Å²) in [4.78, 5) is 31.0. The van der Waals surface area contributed by atoms with Crippen molar-refractivity contribution in [3.05, 3.63) is 62.3 Å². The Morgan fingerprint density at radius 3 is 3.08 bits per heavy atom. The summed E-state index contributed by atoms with van der Waals surface area (Å²) in [6.45, 7) is 2.89. The van der Waals surface area contributed by atoms with Gasteiger partial charge < -0.3 is 5.32 Å². The number of benzene rings is 1. The number of thiophene rings is 1. The summed E-state index contributed by atoms with van der Waals surface area (Å²) < 4.78 is 14.9. The summed E-state index contributed by atoms with van der Waals surface area (Å²) in [5, 5.41) is 3.41. The number of carbonyl (C=O) groups is 1. The summed E-state index contributed by atoms with van der Waals surface area (Å²) in [6.07, 6.45) is 2.28. The van der Waals surface area contributed by atoms with Gasteiger partial charge in [-0.3, -0.25) is 14.2 Å². The van der Waals surface area contributed by atoms with Gasteiger partial charge in [0.15, 0.2) is 0 Å². The Labute approximate surface area is 153 Å². The number of carbonyl (C=O) groups excluding carboxylic acids is 1. The Bertz CT molecular complexity index is 1070. The van der Waals surface area contributed by atoms with Crippen LogP contribution in [0, 0.1) is 12.7 Å². The second-order valence-corrected chi connectivity index (χ2v) is 7.46. The van der Waals surface area contributed by atoms with Crippen molar-refractivity contribution in [2.24, 2.45) is 0 Å². The van der Waals surface area contributed by atoms with E-state index in [1.807, 2.05) is 6.07 Å². The lowest BCUT2D eigenvalue weighted by Gasteiger charge is -2.05. The van der Waals surface area contributed by atoms with Crippen molar-refractivity contribution < 1.29 is 9.18 Å². The fourth-order valence-electron chi connectivity index (χ4n) is 3.39. The second-order valence-electron chi connectivity index (χ2n) is 6.46. The molecule has 0 saturated heterocycles. The normalized spacial score (nSPS) is 13.2. The lowest BCUT2D eigenvalue weighted by atomic mass is 10.1. The van der Waals surface area contributed by atoms with Crippen LogP contribution in [0.1, 0.15) is 33.0 Å². The van der Waals surface area contributed by atoms with E-state index in [0.29, 0.717) is 40.2 Å². The fraction of sp³-hybridized carbons (Fsp3) is 0.316. The summed E-state index contributed by atoms with van der Waals surface area (Å²) in [6, 6.07) is 6.34. The molecule has 26 heavy (non-hydrogen) atoms. The Morgan fingerprint density at radius 2 is 2.27 bits per heavy atom. The molecule has 1 aliphatic heterocycles. The molecule has 5 nitrogen and oxygen atoms in total. The van der Waals surface area contributed by atoms with E-state index in [0.717, 1.165) is 24.2 Å². The lowest BCUT2D eigenvalue weighted by molar-refractivity contribution is 0.0957. The highest BCUT2D eigenvalue weighted by Gasteiger charge is 2.23. The van der Waals surface area contributed by atoms with Crippen molar-refractivity contribution in [1.29, 1.82) is 0 Å². The molecule has 134 valence electrons. The van der Waals surface area contributed by atoms with Crippen LogP contribution in [-0.4, -0.2) is 22.0 Å². The van der Waals surface area contributed by atoms with Crippen molar-refractivity contribution in [1.82, 2.24) is 14.9 Å². The van der Waals surface area contributed by atoms with Gasteiger partial charge in [-0.15, -0.1) is 11.3 Å². The SMILES string of the molecule is Cc1c(C(=O)NCCc2cccc(F)c2)sc2nc3n(c(=O)c12)CCC3. The third kappa shape index (κ3) is 2.92. The average molecular weight is 371 g/mol. The number of aryl methyl sites for hydroxylation is 2. The third-order valence-electron chi connectivity index (χ3n) is 4.71. The molecule has 1 amide bonds. The number of aromatic nitrogens is 2. The van der Waals surface area contributed by atoms with Crippen LogP contribution in [0.15, 0.2) is 29.1 Å². The van der Waals surface area contributed by atoms with Crippen LogP contribution in [-0.2, 0) is 19.4 Å². The molecule has 1 aliphatic rings.